The molecule has 0 fully saturated rings. The lowest BCUT2D eigenvalue weighted by atomic mass is 9.86. The zero-order valence-corrected chi connectivity index (χ0v) is 14.4. The average molecular weight is 348 g/mol. The molecule has 0 unspecified atom stereocenters. The maximum atomic E-state index is 5.91. The van der Waals surface area contributed by atoms with Crippen LogP contribution >= 0.6 is 22.9 Å². The number of benzene rings is 1. The Kier molecular flexibility index (Phi) is 3.32. The summed E-state index contributed by atoms with van der Waals surface area (Å²) in [5, 5.41) is 0. The van der Waals surface area contributed by atoms with Crippen LogP contribution in [0.15, 0.2) is 18.2 Å². The van der Waals surface area contributed by atoms with Gasteiger partial charge < -0.3 is 9.47 Å². The van der Waals surface area contributed by atoms with Crippen molar-refractivity contribution >= 4 is 22.9 Å². The maximum Gasteiger partial charge on any atom is 0.231 e. The molecule has 120 valence electrons. The third-order valence-electron chi connectivity index (χ3n) is 5.14. The van der Waals surface area contributed by atoms with Crippen LogP contribution in [0.5, 0.6) is 11.5 Å². The van der Waals surface area contributed by atoms with E-state index in [0.29, 0.717) is 18.7 Å². The van der Waals surface area contributed by atoms with E-state index in [-0.39, 0.29) is 0 Å². The first-order valence-corrected chi connectivity index (χ1v) is 9.50. The molecular formula is C18H18ClNO2S. The highest BCUT2D eigenvalue weighted by molar-refractivity contribution is 7.12. The molecule has 0 saturated heterocycles. The second-order valence-electron chi connectivity index (χ2n) is 6.44. The van der Waals surface area contributed by atoms with Gasteiger partial charge in [0.05, 0.1) is 0 Å². The highest BCUT2D eigenvalue weighted by Gasteiger charge is 2.34. The summed E-state index contributed by atoms with van der Waals surface area (Å²) in [6.07, 6.45) is 3.19. The lowest BCUT2D eigenvalue weighted by Crippen LogP contribution is -2.38. The van der Waals surface area contributed by atoms with Gasteiger partial charge in [-0.15, -0.1) is 22.9 Å². The van der Waals surface area contributed by atoms with Crippen LogP contribution < -0.4 is 9.47 Å². The molecule has 3 aliphatic rings. The number of nitrogens with zero attached hydrogens (tertiary/aromatic N) is 1. The predicted molar refractivity (Wildman–Crippen MR) is 91.9 cm³/mol. The minimum atomic E-state index is 0.351. The van der Waals surface area contributed by atoms with Crippen LogP contribution in [0.25, 0.3) is 0 Å². The van der Waals surface area contributed by atoms with E-state index in [1.165, 1.54) is 26.4 Å². The predicted octanol–water partition coefficient (Wildman–Crippen LogP) is 3.91. The Morgan fingerprint density at radius 1 is 1.17 bits per heavy atom. The third kappa shape index (κ3) is 2.27. The zero-order chi connectivity index (χ0) is 15.4. The van der Waals surface area contributed by atoms with Crippen molar-refractivity contribution in [3.05, 3.63) is 44.6 Å². The van der Waals surface area contributed by atoms with Gasteiger partial charge in [-0.3, -0.25) is 4.90 Å². The molecule has 5 heteroatoms. The molecule has 4 heterocycles. The summed E-state index contributed by atoms with van der Waals surface area (Å²) in [5.74, 6) is 2.53. The van der Waals surface area contributed by atoms with E-state index in [9.17, 15) is 0 Å². The summed E-state index contributed by atoms with van der Waals surface area (Å²) in [4.78, 5) is 5.58. The lowest BCUT2D eigenvalue weighted by molar-refractivity contribution is 0.162. The molecule has 0 N–H and O–H groups in total. The van der Waals surface area contributed by atoms with Crippen molar-refractivity contribution in [2.75, 3.05) is 19.2 Å². The summed E-state index contributed by atoms with van der Waals surface area (Å²) < 4.78 is 11.1. The monoisotopic (exact) mass is 347 g/mol. The first kappa shape index (κ1) is 14.1. The summed E-state index contributed by atoms with van der Waals surface area (Å²) in [7, 11) is 0. The van der Waals surface area contributed by atoms with Crippen LogP contribution in [0.2, 0.25) is 0 Å². The van der Waals surface area contributed by atoms with E-state index in [1.54, 1.807) is 0 Å². The van der Waals surface area contributed by atoms with E-state index in [0.717, 1.165) is 43.9 Å². The van der Waals surface area contributed by atoms with Crippen molar-refractivity contribution in [1.82, 2.24) is 4.90 Å². The summed E-state index contributed by atoms with van der Waals surface area (Å²) in [5.41, 5.74) is 4.37. The number of aryl methyl sites for hydroxylation is 1. The van der Waals surface area contributed by atoms with Gasteiger partial charge in [0.25, 0.3) is 0 Å². The first-order chi connectivity index (χ1) is 11.3. The fourth-order valence-corrected chi connectivity index (χ4v) is 5.55. The first-order valence-electron chi connectivity index (χ1n) is 8.14. The van der Waals surface area contributed by atoms with Gasteiger partial charge in [-0.05, 0) is 47.7 Å². The van der Waals surface area contributed by atoms with Crippen molar-refractivity contribution in [2.45, 2.75) is 31.8 Å². The smallest absolute Gasteiger partial charge is 0.231 e. The molecule has 0 spiro atoms. The quantitative estimate of drug-likeness (QED) is 0.769. The van der Waals surface area contributed by atoms with Gasteiger partial charge in [0.2, 0.25) is 6.79 Å². The molecule has 2 aromatic rings. The van der Waals surface area contributed by atoms with Crippen molar-refractivity contribution in [1.29, 1.82) is 0 Å². The lowest BCUT2D eigenvalue weighted by Gasteiger charge is -2.40. The Morgan fingerprint density at radius 2 is 2.04 bits per heavy atom. The number of hydrogen-bond acceptors (Lipinski definition) is 4. The molecule has 3 aliphatic heterocycles. The Labute approximate surface area is 144 Å². The van der Waals surface area contributed by atoms with Crippen molar-refractivity contribution in [3.8, 4) is 11.5 Å². The molecule has 0 radical (unpaired) electrons. The standard InChI is InChI=1S/C18H18ClNO2S/c19-3-1-13-5-12-9-20-4-2-11-6-16-17(22-10-21-16)7-14(11)15(20)8-18(12)23-13/h5-7,15H,1-4,8-10H2/t15-/m0/s1. The fraction of sp³-hybridized carbons (Fsp3) is 0.444. The molecular weight excluding hydrogens is 330 g/mol. The summed E-state index contributed by atoms with van der Waals surface area (Å²) in [6, 6.07) is 7.25. The number of rotatable bonds is 2. The molecule has 3 nitrogen and oxygen atoms in total. The van der Waals surface area contributed by atoms with Crippen molar-refractivity contribution < 1.29 is 9.47 Å². The molecule has 1 atom stereocenters. The van der Waals surface area contributed by atoms with Crippen LogP contribution in [0.3, 0.4) is 0 Å². The minimum absolute atomic E-state index is 0.351. The Hall–Kier alpha value is -1.23. The highest BCUT2D eigenvalue weighted by atomic mass is 35.5. The molecule has 0 amide bonds. The minimum Gasteiger partial charge on any atom is -0.454 e. The van der Waals surface area contributed by atoms with Crippen LogP contribution in [0, 0.1) is 0 Å². The molecule has 0 aliphatic carbocycles. The SMILES string of the molecule is ClCCc1cc2c(s1)C[C@H]1c3cc4c(cc3CCN1C2)OCO4. The summed E-state index contributed by atoms with van der Waals surface area (Å²) in [6.45, 7) is 2.54. The Morgan fingerprint density at radius 3 is 2.91 bits per heavy atom. The van der Waals surface area contributed by atoms with E-state index in [4.69, 9.17) is 21.1 Å². The number of thiophene rings is 1. The molecule has 1 aromatic heterocycles. The Bertz CT molecular complexity index is 773. The zero-order valence-electron chi connectivity index (χ0n) is 12.8. The van der Waals surface area contributed by atoms with Crippen LogP contribution in [-0.2, 0) is 25.8 Å². The molecule has 1 aromatic carbocycles. The number of alkyl halides is 1. The van der Waals surface area contributed by atoms with Gasteiger partial charge in [0.15, 0.2) is 11.5 Å². The van der Waals surface area contributed by atoms with E-state index in [2.05, 4.69) is 23.1 Å². The van der Waals surface area contributed by atoms with E-state index in [1.807, 2.05) is 11.3 Å². The van der Waals surface area contributed by atoms with E-state index >= 15 is 0 Å². The number of halogens is 1. The average Bonchev–Trinajstić information content (AvgIpc) is 3.16. The molecule has 0 bridgehead atoms. The molecule has 23 heavy (non-hydrogen) atoms. The van der Waals surface area contributed by atoms with Crippen LogP contribution in [-0.4, -0.2) is 24.1 Å². The van der Waals surface area contributed by atoms with Gasteiger partial charge in [-0.25, -0.2) is 0 Å². The third-order valence-corrected chi connectivity index (χ3v) is 6.59. The fourth-order valence-electron chi connectivity index (χ4n) is 4.02. The van der Waals surface area contributed by atoms with Crippen molar-refractivity contribution in [3.63, 3.8) is 0 Å². The maximum absolute atomic E-state index is 5.91. The van der Waals surface area contributed by atoms with Gasteiger partial charge in [0.1, 0.15) is 0 Å². The highest BCUT2D eigenvalue weighted by Crippen LogP contribution is 2.45. The van der Waals surface area contributed by atoms with Crippen LogP contribution in [0.4, 0.5) is 0 Å². The number of hydrogen-bond donors (Lipinski definition) is 0. The molecule has 0 saturated carbocycles. The van der Waals surface area contributed by atoms with Gasteiger partial charge >= 0.3 is 0 Å². The summed E-state index contributed by atoms with van der Waals surface area (Å²) >= 11 is 7.86. The number of ether oxygens (including phenoxy) is 2. The topological polar surface area (TPSA) is 21.7 Å². The number of fused-ring (bicyclic) bond motifs is 5. The molecule has 5 rings (SSSR count). The normalized spacial score (nSPS) is 21.7. The van der Waals surface area contributed by atoms with Gasteiger partial charge in [-0.2, -0.15) is 0 Å². The van der Waals surface area contributed by atoms with Crippen LogP contribution in [0.1, 0.15) is 32.5 Å². The van der Waals surface area contributed by atoms with Gasteiger partial charge in [0, 0.05) is 41.2 Å². The van der Waals surface area contributed by atoms with Gasteiger partial charge in [-0.1, -0.05) is 0 Å². The van der Waals surface area contributed by atoms with E-state index < -0.39 is 0 Å². The Balaban J connectivity index is 1.52. The second-order valence-corrected chi connectivity index (χ2v) is 8.04. The largest absolute Gasteiger partial charge is 0.454 e. The second kappa shape index (κ2) is 5.40. The van der Waals surface area contributed by atoms with Crippen molar-refractivity contribution in [2.24, 2.45) is 0 Å².